The molecule has 1 heterocycles. The zero-order chi connectivity index (χ0) is 21.5. The van der Waals surface area contributed by atoms with Gasteiger partial charge in [0.25, 0.3) is 0 Å². The molecule has 0 aromatic heterocycles. The third kappa shape index (κ3) is 5.08. The van der Waals surface area contributed by atoms with Gasteiger partial charge >= 0.3 is 0 Å². The van der Waals surface area contributed by atoms with E-state index in [0.29, 0.717) is 5.92 Å². The van der Waals surface area contributed by atoms with Crippen molar-refractivity contribution in [3.63, 3.8) is 0 Å². The highest BCUT2D eigenvalue weighted by atomic mass is 16.5. The van der Waals surface area contributed by atoms with Crippen LogP contribution in [0.3, 0.4) is 0 Å². The van der Waals surface area contributed by atoms with E-state index in [9.17, 15) is 0 Å². The van der Waals surface area contributed by atoms with Gasteiger partial charge in [-0.2, -0.15) is 0 Å². The minimum atomic E-state index is -0.409. The molecule has 0 spiro atoms. The van der Waals surface area contributed by atoms with Crippen LogP contribution in [0.4, 0.5) is 0 Å². The smallest absolute Gasteiger partial charge is 0.112 e. The lowest BCUT2D eigenvalue weighted by atomic mass is 9.78. The Morgan fingerprint density at radius 1 is 1.06 bits per heavy atom. The van der Waals surface area contributed by atoms with Crippen LogP contribution < -0.4 is 5.32 Å². The van der Waals surface area contributed by atoms with Gasteiger partial charge in [0.15, 0.2) is 0 Å². The number of hydrogen-bond donors (Lipinski definition) is 1. The van der Waals surface area contributed by atoms with Crippen molar-refractivity contribution < 1.29 is 4.74 Å². The highest BCUT2D eigenvalue weighted by molar-refractivity contribution is 5.71. The first kappa shape index (κ1) is 21.8. The first-order chi connectivity index (χ1) is 15.2. The Morgan fingerprint density at radius 3 is 2.42 bits per heavy atom. The van der Waals surface area contributed by atoms with Gasteiger partial charge in [0.1, 0.15) is 5.60 Å². The summed E-state index contributed by atoms with van der Waals surface area (Å²) in [5.74, 6) is 0.566. The largest absolute Gasteiger partial charge is 0.363 e. The summed E-state index contributed by atoms with van der Waals surface area (Å²) in [5.41, 5.74) is 5.03. The van der Waals surface area contributed by atoms with Crippen LogP contribution in [0.1, 0.15) is 44.2 Å². The number of allylic oxidation sites excluding steroid dienone is 3. The molecule has 1 saturated heterocycles. The molecule has 31 heavy (non-hydrogen) atoms. The van der Waals surface area contributed by atoms with E-state index >= 15 is 0 Å². The van der Waals surface area contributed by atoms with Crippen LogP contribution in [0.15, 0.2) is 90.5 Å². The highest BCUT2D eigenvalue weighted by Crippen LogP contribution is 2.41. The molecule has 2 heteroatoms. The first-order valence-electron chi connectivity index (χ1n) is 11.8. The second-order valence-electron chi connectivity index (χ2n) is 8.80. The fraction of sp³-hybridized carbons (Fsp3) is 0.379. The van der Waals surface area contributed by atoms with Gasteiger partial charge in [-0.05, 0) is 67.0 Å². The molecule has 1 aliphatic carbocycles. The van der Waals surface area contributed by atoms with Gasteiger partial charge in [-0.25, -0.2) is 0 Å². The Morgan fingerprint density at radius 2 is 1.81 bits per heavy atom. The van der Waals surface area contributed by atoms with Crippen molar-refractivity contribution in [3.8, 4) is 0 Å². The monoisotopic (exact) mass is 413 g/mol. The molecular formula is C29H35NO. The van der Waals surface area contributed by atoms with Gasteiger partial charge in [0, 0.05) is 13.0 Å². The van der Waals surface area contributed by atoms with E-state index in [2.05, 4.69) is 104 Å². The van der Waals surface area contributed by atoms with E-state index in [-0.39, 0.29) is 6.10 Å². The van der Waals surface area contributed by atoms with Crippen LogP contribution >= 0.6 is 0 Å². The van der Waals surface area contributed by atoms with Crippen molar-refractivity contribution in [1.82, 2.24) is 5.32 Å². The van der Waals surface area contributed by atoms with Gasteiger partial charge in [0.05, 0.1) is 6.10 Å². The standard InChI is InChI=1S/C29H35NO/c1-3-27(25-15-9-5-10-16-25)28(21-24-13-7-4-8-14-24)29(18-11-6-12-19-29)31-23(2)26-17-20-30-22-26/h4-16,18,23,26,30H,3,17,19-22H2,1-2H3/b28-27+. The predicted molar refractivity (Wildman–Crippen MR) is 131 cm³/mol. The maximum absolute atomic E-state index is 7.07. The van der Waals surface area contributed by atoms with Crippen LogP contribution in [-0.4, -0.2) is 24.8 Å². The summed E-state index contributed by atoms with van der Waals surface area (Å²) in [6.07, 6.45) is 13.0. The van der Waals surface area contributed by atoms with Crippen molar-refractivity contribution in [2.24, 2.45) is 5.92 Å². The van der Waals surface area contributed by atoms with Gasteiger partial charge in [-0.15, -0.1) is 0 Å². The molecular weight excluding hydrogens is 378 g/mol. The summed E-state index contributed by atoms with van der Waals surface area (Å²) in [6.45, 7) is 6.68. The lowest BCUT2D eigenvalue weighted by molar-refractivity contribution is -0.0551. The highest BCUT2D eigenvalue weighted by Gasteiger charge is 2.38. The van der Waals surface area contributed by atoms with E-state index in [1.165, 1.54) is 28.7 Å². The summed E-state index contributed by atoms with van der Waals surface area (Å²) in [4.78, 5) is 0. The molecule has 0 bridgehead atoms. The summed E-state index contributed by atoms with van der Waals surface area (Å²) >= 11 is 0. The predicted octanol–water partition coefficient (Wildman–Crippen LogP) is 6.36. The van der Waals surface area contributed by atoms with Crippen LogP contribution in [0.25, 0.3) is 5.57 Å². The maximum atomic E-state index is 7.07. The normalized spacial score (nSPS) is 24.8. The molecule has 3 unspecified atom stereocenters. The quantitative estimate of drug-likeness (QED) is 0.543. The van der Waals surface area contributed by atoms with E-state index in [4.69, 9.17) is 4.74 Å². The molecule has 1 N–H and O–H groups in total. The van der Waals surface area contributed by atoms with Crippen LogP contribution in [-0.2, 0) is 11.2 Å². The van der Waals surface area contributed by atoms with Crippen molar-refractivity contribution in [3.05, 3.63) is 102 Å². The molecule has 4 rings (SSSR count). The Kier molecular flexibility index (Phi) is 7.21. The van der Waals surface area contributed by atoms with E-state index in [0.717, 1.165) is 32.4 Å². The Balaban J connectivity index is 1.81. The van der Waals surface area contributed by atoms with Gasteiger partial charge < -0.3 is 10.1 Å². The third-order valence-corrected chi connectivity index (χ3v) is 6.77. The Labute approximate surface area is 187 Å². The third-order valence-electron chi connectivity index (χ3n) is 6.77. The SMILES string of the molecule is CC/C(=C(/Cc1ccccc1)C1(OC(C)C2CCNC2)C=CC=CC1)c1ccccc1. The Bertz CT molecular complexity index is 922. The second-order valence-corrected chi connectivity index (χ2v) is 8.80. The second kappa shape index (κ2) is 10.3. The minimum Gasteiger partial charge on any atom is -0.363 e. The van der Waals surface area contributed by atoms with Crippen molar-refractivity contribution in [1.29, 1.82) is 0 Å². The first-order valence-corrected chi connectivity index (χ1v) is 11.8. The fourth-order valence-corrected chi connectivity index (χ4v) is 5.03. The van der Waals surface area contributed by atoms with Crippen LogP contribution in [0, 0.1) is 5.92 Å². The maximum Gasteiger partial charge on any atom is 0.112 e. The zero-order valence-corrected chi connectivity index (χ0v) is 18.9. The Hall–Kier alpha value is -2.42. The van der Waals surface area contributed by atoms with Crippen molar-refractivity contribution in [2.45, 2.75) is 51.2 Å². The molecule has 2 nitrogen and oxygen atoms in total. The van der Waals surface area contributed by atoms with E-state index < -0.39 is 5.60 Å². The average Bonchev–Trinajstić information content (AvgIpc) is 3.36. The molecule has 3 atom stereocenters. The van der Waals surface area contributed by atoms with Crippen molar-refractivity contribution >= 4 is 5.57 Å². The molecule has 1 fully saturated rings. The number of rotatable bonds is 8. The van der Waals surface area contributed by atoms with Crippen molar-refractivity contribution in [2.75, 3.05) is 13.1 Å². The molecule has 162 valence electrons. The number of benzene rings is 2. The summed E-state index contributed by atoms with van der Waals surface area (Å²) < 4.78 is 7.07. The van der Waals surface area contributed by atoms with Crippen LogP contribution in [0.5, 0.6) is 0 Å². The molecule has 2 aliphatic rings. The molecule has 0 amide bonds. The number of hydrogen-bond acceptors (Lipinski definition) is 2. The summed E-state index contributed by atoms with van der Waals surface area (Å²) in [5, 5.41) is 3.51. The number of nitrogens with one attached hydrogen (secondary N) is 1. The molecule has 2 aromatic rings. The molecule has 1 aliphatic heterocycles. The summed E-state index contributed by atoms with van der Waals surface area (Å²) in [7, 11) is 0. The minimum absolute atomic E-state index is 0.200. The van der Waals surface area contributed by atoms with E-state index in [1.807, 2.05) is 0 Å². The molecule has 0 saturated carbocycles. The number of ether oxygens (including phenoxy) is 1. The van der Waals surface area contributed by atoms with Gasteiger partial charge in [0.2, 0.25) is 0 Å². The van der Waals surface area contributed by atoms with E-state index in [1.54, 1.807) is 0 Å². The average molecular weight is 414 g/mol. The van der Waals surface area contributed by atoms with Crippen LogP contribution in [0.2, 0.25) is 0 Å². The topological polar surface area (TPSA) is 21.3 Å². The lowest BCUT2D eigenvalue weighted by Crippen LogP contribution is -2.40. The van der Waals surface area contributed by atoms with Gasteiger partial charge in [-0.1, -0.05) is 85.8 Å². The van der Waals surface area contributed by atoms with Gasteiger partial charge in [-0.3, -0.25) is 0 Å². The molecule has 0 radical (unpaired) electrons. The summed E-state index contributed by atoms with van der Waals surface area (Å²) in [6, 6.07) is 21.7. The fourth-order valence-electron chi connectivity index (χ4n) is 5.03. The molecule has 2 aromatic carbocycles. The lowest BCUT2D eigenvalue weighted by Gasteiger charge is -2.40. The zero-order valence-electron chi connectivity index (χ0n) is 18.9.